The Morgan fingerprint density at radius 3 is 2.72 bits per heavy atom. The lowest BCUT2D eigenvalue weighted by Crippen LogP contribution is -2.29. The summed E-state index contributed by atoms with van der Waals surface area (Å²) in [6, 6.07) is 14.6. The van der Waals surface area contributed by atoms with E-state index in [1.165, 1.54) is 6.07 Å². The van der Waals surface area contributed by atoms with E-state index in [-0.39, 0.29) is 11.6 Å². The van der Waals surface area contributed by atoms with Gasteiger partial charge in [0.25, 0.3) is 0 Å². The van der Waals surface area contributed by atoms with Crippen molar-refractivity contribution in [1.29, 1.82) is 0 Å². The summed E-state index contributed by atoms with van der Waals surface area (Å²) in [5, 5.41) is 8.80. The Balaban J connectivity index is 1.45. The Morgan fingerprint density at radius 1 is 1.00 bits per heavy atom. The first-order valence-corrected chi connectivity index (χ1v) is 9.84. The van der Waals surface area contributed by atoms with Gasteiger partial charge in [0.15, 0.2) is 11.6 Å². The fourth-order valence-corrected chi connectivity index (χ4v) is 3.79. The van der Waals surface area contributed by atoms with Gasteiger partial charge in [0.1, 0.15) is 5.75 Å². The third-order valence-electron chi connectivity index (χ3n) is 5.38. The maximum atomic E-state index is 14.0. The second kappa shape index (κ2) is 7.64. The molecule has 5 nitrogen and oxygen atoms in total. The fraction of sp³-hybridized carbons (Fsp3) is 0.217. The minimum Gasteiger partial charge on any atom is -0.454 e. The van der Waals surface area contributed by atoms with Crippen molar-refractivity contribution in [3.05, 3.63) is 72.9 Å². The van der Waals surface area contributed by atoms with E-state index in [4.69, 9.17) is 4.74 Å². The average Bonchev–Trinajstić information content (AvgIpc) is 3.26. The smallest absolute Gasteiger partial charge is 0.165 e. The molecule has 2 aromatic heterocycles. The zero-order chi connectivity index (χ0) is 19.6. The Morgan fingerprint density at radius 2 is 1.86 bits per heavy atom. The van der Waals surface area contributed by atoms with E-state index in [9.17, 15) is 4.39 Å². The topological polar surface area (TPSA) is 52.0 Å². The van der Waals surface area contributed by atoms with E-state index in [1.807, 2.05) is 24.4 Å². The zero-order valence-corrected chi connectivity index (χ0v) is 15.9. The Labute approximate surface area is 168 Å². The Hall–Kier alpha value is -3.25. The molecule has 146 valence electrons. The number of hydrogen-bond acceptors (Lipinski definition) is 4. The van der Waals surface area contributed by atoms with Crippen molar-refractivity contribution in [2.24, 2.45) is 0 Å². The largest absolute Gasteiger partial charge is 0.454 e. The molecular weight excluding hydrogens is 367 g/mol. The lowest BCUT2D eigenvalue weighted by molar-refractivity contribution is 0.343. The van der Waals surface area contributed by atoms with Crippen LogP contribution in [0, 0.1) is 5.82 Å². The van der Waals surface area contributed by atoms with Crippen LogP contribution in [0.1, 0.15) is 18.9 Å². The predicted molar refractivity (Wildman–Crippen MR) is 111 cm³/mol. The van der Waals surface area contributed by atoms with Crippen LogP contribution in [0.3, 0.4) is 0 Å². The summed E-state index contributed by atoms with van der Waals surface area (Å²) in [6.07, 6.45) is 7.88. The first-order chi connectivity index (χ1) is 14.3. The van der Waals surface area contributed by atoms with Gasteiger partial charge in [-0.05, 0) is 61.8 Å². The summed E-state index contributed by atoms with van der Waals surface area (Å²) in [5.41, 5.74) is 2.91. The molecule has 1 fully saturated rings. The third kappa shape index (κ3) is 3.59. The number of nitrogens with one attached hydrogen (secondary N) is 1. The van der Waals surface area contributed by atoms with E-state index in [2.05, 4.69) is 26.3 Å². The molecule has 3 heterocycles. The standard InChI is InChI=1S/C23H21FN4O/c24-20-3-1-2-4-23(20)29-22-9-12-26-21-13-16(5-6-19(21)22)17-14-27-28(15-17)18-7-10-25-11-8-18/h1-6,9,12-15,18,25H,7-8,10-11H2. The Bertz CT molecular complexity index is 1150. The van der Waals surface area contributed by atoms with Gasteiger partial charge in [0, 0.05) is 23.3 Å². The van der Waals surface area contributed by atoms with Gasteiger partial charge in [0.05, 0.1) is 17.8 Å². The number of halogens is 1. The second-order valence-corrected chi connectivity index (χ2v) is 7.26. The predicted octanol–water partition coefficient (Wildman–Crippen LogP) is 4.95. The highest BCUT2D eigenvalue weighted by molar-refractivity contribution is 5.88. The van der Waals surface area contributed by atoms with Crippen LogP contribution in [0.4, 0.5) is 4.39 Å². The van der Waals surface area contributed by atoms with E-state index in [0.717, 1.165) is 48.0 Å². The third-order valence-corrected chi connectivity index (χ3v) is 5.38. The van der Waals surface area contributed by atoms with Gasteiger partial charge in [-0.2, -0.15) is 5.10 Å². The van der Waals surface area contributed by atoms with E-state index >= 15 is 0 Å². The molecule has 0 spiro atoms. The minimum absolute atomic E-state index is 0.201. The van der Waals surface area contributed by atoms with Crippen LogP contribution in [-0.4, -0.2) is 27.9 Å². The van der Waals surface area contributed by atoms with Crippen molar-refractivity contribution in [3.63, 3.8) is 0 Å². The summed E-state index contributed by atoms with van der Waals surface area (Å²) < 4.78 is 21.9. The highest BCUT2D eigenvalue weighted by Crippen LogP contribution is 2.32. The first kappa shape index (κ1) is 17.8. The normalized spacial score (nSPS) is 14.9. The van der Waals surface area contributed by atoms with Gasteiger partial charge in [0.2, 0.25) is 0 Å². The molecule has 2 aromatic carbocycles. The number of benzene rings is 2. The van der Waals surface area contributed by atoms with Crippen molar-refractivity contribution >= 4 is 10.9 Å². The van der Waals surface area contributed by atoms with Crippen molar-refractivity contribution in [2.45, 2.75) is 18.9 Å². The van der Waals surface area contributed by atoms with Gasteiger partial charge in [-0.15, -0.1) is 0 Å². The molecule has 0 aliphatic carbocycles. The van der Waals surface area contributed by atoms with Crippen LogP contribution < -0.4 is 10.1 Å². The van der Waals surface area contributed by atoms with Gasteiger partial charge < -0.3 is 10.1 Å². The number of piperidine rings is 1. The highest BCUT2D eigenvalue weighted by Gasteiger charge is 2.16. The molecule has 1 N–H and O–H groups in total. The molecule has 1 aliphatic rings. The molecule has 1 saturated heterocycles. The van der Waals surface area contributed by atoms with Crippen LogP contribution in [-0.2, 0) is 0 Å². The summed E-state index contributed by atoms with van der Waals surface area (Å²) in [5.74, 6) is 0.392. The number of pyridine rings is 1. The summed E-state index contributed by atoms with van der Waals surface area (Å²) in [7, 11) is 0. The van der Waals surface area contributed by atoms with Crippen LogP contribution in [0.25, 0.3) is 22.0 Å². The molecule has 0 radical (unpaired) electrons. The molecule has 0 atom stereocenters. The SMILES string of the molecule is Fc1ccccc1Oc1ccnc2cc(-c3cnn(C4CCNCC4)c3)ccc12. The summed E-state index contributed by atoms with van der Waals surface area (Å²) >= 11 is 0. The monoisotopic (exact) mass is 388 g/mol. The van der Waals surface area contributed by atoms with Gasteiger partial charge >= 0.3 is 0 Å². The van der Waals surface area contributed by atoms with Gasteiger partial charge in [-0.25, -0.2) is 4.39 Å². The molecule has 0 unspecified atom stereocenters. The number of ether oxygens (including phenoxy) is 1. The number of rotatable bonds is 4. The fourth-order valence-electron chi connectivity index (χ4n) is 3.79. The van der Waals surface area contributed by atoms with Gasteiger partial charge in [-0.3, -0.25) is 9.67 Å². The van der Waals surface area contributed by atoms with Crippen LogP contribution in [0.5, 0.6) is 11.5 Å². The van der Waals surface area contributed by atoms with Crippen LogP contribution >= 0.6 is 0 Å². The number of para-hydroxylation sites is 1. The zero-order valence-electron chi connectivity index (χ0n) is 15.9. The van der Waals surface area contributed by atoms with Crippen LogP contribution in [0.15, 0.2) is 67.1 Å². The van der Waals surface area contributed by atoms with Crippen molar-refractivity contribution < 1.29 is 9.13 Å². The highest BCUT2D eigenvalue weighted by atomic mass is 19.1. The van der Waals surface area contributed by atoms with Crippen molar-refractivity contribution in [1.82, 2.24) is 20.1 Å². The molecule has 6 heteroatoms. The second-order valence-electron chi connectivity index (χ2n) is 7.26. The molecule has 5 rings (SSSR count). The maximum absolute atomic E-state index is 14.0. The first-order valence-electron chi connectivity index (χ1n) is 9.84. The Kier molecular flexibility index (Phi) is 4.69. The number of aromatic nitrogens is 3. The molecule has 0 saturated carbocycles. The van der Waals surface area contributed by atoms with Crippen molar-refractivity contribution in [2.75, 3.05) is 13.1 Å². The van der Waals surface area contributed by atoms with E-state index < -0.39 is 0 Å². The number of nitrogens with zero attached hydrogens (tertiary/aromatic N) is 3. The minimum atomic E-state index is -0.389. The molecule has 1 aliphatic heterocycles. The molecular formula is C23H21FN4O. The summed E-state index contributed by atoms with van der Waals surface area (Å²) in [6.45, 7) is 2.06. The van der Waals surface area contributed by atoms with Crippen LogP contribution in [0.2, 0.25) is 0 Å². The molecule has 4 aromatic rings. The average molecular weight is 388 g/mol. The lowest BCUT2D eigenvalue weighted by Gasteiger charge is -2.22. The lowest BCUT2D eigenvalue weighted by atomic mass is 10.1. The number of fused-ring (bicyclic) bond motifs is 1. The maximum Gasteiger partial charge on any atom is 0.165 e. The van der Waals surface area contributed by atoms with E-state index in [0.29, 0.717) is 11.8 Å². The molecule has 29 heavy (non-hydrogen) atoms. The van der Waals surface area contributed by atoms with Gasteiger partial charge in [-0.1, -0.05) is 18.2 Å². The molecule has 0 amide bonds. The number of hydrogen-bond donors (Lipinski definition) is 1. The quantitative estimate of drug-likeness (QED) is 0.537. The van der Waals surface area contributed by atoms with E-state index in [1.54, 1.807) is 30.5 Å². The molecule has 0 bridgehead atoms. The van der Waals surface area contributed by atoms with Crippen molar-refractivity contribution in [3.8, 4) is 22.6 Å². The summed E-state index contributed by atoms with van der Waals surface area (Å²) in [4.78, 5) is 4.48.